The Morgan fingerprint density at radius 2 is 1.84 bits per heavy atom. The van der Waals surface area contributed by atoms with E-state index in [0.29, 0.717) is 6.04 Å². The molecule has 2 nitrogen and oxygen atoms in total. The molecule has 0 saturated heterocycles. The van der Waals surface area contributed by atoms with Crippen LogP contribution in [0, 0.1) is 5.92 Å². The Bertz CT molecular complexity index is 310. The lowest BCUT2D eigenvalue weighted by Crippen LogP contribution is -2.35. The van der Waals surface area contributed by atoms with Crippen LogP contribution in [0.3, 0.4) is 0 Å². The van der Waals surface area contributed by atoms with E-state index in [9.17, 15) is 0 Å². The van der Waals surface area contributed by atoms with Crippen molar-refractivity contribution in [3.63, 3.8) is 0 Å². The second kappa shape index (κ2) is 9.85. The molecule has 0 bridgehead atoms. The van der Waals surface area contributed by atoms with E-state index >= 15 is 0 Å². The lowest BCUT2D eigenvalue weighted by molar-refractivity contribution is 0.252. The summed E-state index contributed by atoms with van der Waals surface area (Å²) in [7, 11) is 0. The molecule has 0 saturated carbocycles. The Hall–Kier alpha value is -1.02. The molecule has 108 valence electrons. The average molecular weight is 263 g/mol. The van der Waals surface area contributed by atoms with Gasteiger partial charge in [0.15, 0.2) is 0 Å². The number of nitrogens with one attached hydrogen (secondary N) is 1. The van der Waals surface area contributed by atoms with E-state index in [1.807, 2.05) is 30.3 Å². The summed E-state index contributed by atoms with van der Waals surface area (Å²) in [6.07, 6.45) is 4.95. The third-order valence-electron chi connectivity index (χ3n) is 3.21. The molecule has 0 radical (unpaired) electrons. The maximum Gasteiger partial charge on any atom is 0.119 e. The molecule has 1 rings (SSSR count). The van der Waals surface area contributed by atoms with Gasteiger partial charge in [-0.2, -0.15) is 0 Å². The predicted octanol–water partition coefficient (Wildman–Crippen LogP) is 4.26. The molecule has 19 heavy (non-hydrogen) atoms. The summed E-state index contributed by atoms with van der Waals surface area (Å²) < 4.78 is 5.86. The highest BCUT2D eigenvalue weighted by Crippen LogP contribution is 2.12. The highest BCUT2D eigenvalue weighted by molar-refractivity contribution is 5.20. The predicted molar refractivity (Wildman–Crippen MR) is 82.7 cm³/mol. The zero-order valence-corrected chi connectivity index (χ0v) is 12.7. The van der Waals surface area contributed by atoms with Crippen LogP contribution in [0.4, 0.5) is 0 Å². The molecule has 0 fully saturated rings. The summed E-state index contributed by atoms with van der Waals surface area (Å²) >= 11 is 0. The Kier molecular flexibility index (Phi) is 8.31. The molecule has 0 aliphatic heterocycles. The Morgan fingerprint density at radius 1 is 1.11 bits per heavy atom. The van der Waals surface area contributed by atoms with Crippen molar-refractivity contribution in [3.05, 3.63) is 30.3 Å². The highest BCUT2D eigenvalue weighted by atomic mass is 16.5. The van der Waals surface area contributed by atoms with Crippen molar-refractivity contribution in [2.45, 2.75) is 52.5 Å². The molecule has 0 spiro atoms. The van der Waals surface area contributed by atoms with Crippen LogP contribution in [0.1, 0.15) is 46.5 Å². The minimum atomic E-state index is 0.471. The van der Waals surface area contributed by atoms with E-state index in [0.717, 1.165) is 24.8 Å². The molecule has 2 heteroatoms. The van der Waals surface area contributed by atoms with Gasteiger partial charge in [0.2, 0.25) is 0 Å². The second-order valence-electron chi connectivity index (χ2n) is 5.60. The summed E-state index contributed by atoms with van der Waals surface area (Å²) in [5, 5.41) is 3.59. The van der Waals surface area contributed by atoms with E-state index in [-0.39, 0.29) is 0 Å². The van der Waals surface area contributed by atoms with Crippen LogP contribution >= 0.6 is 0 Å². The average Bonchev–Trinajstić information content (AvgIpc) is 2.42. The van der Waals surface area contributed by atoms with Gasteiger partial charge in [0.05, 0.1) is 0 Å². The zero-order chi connectivity index (χ0) is 13.9. The van der Waals surface area contributed by atoms with Gasteiger partial charge in [-0.3, -0.25) is 0 Å². The smallest absolute Gasteiger partial charge is 0.119 e. The first-order chi connectivity index (χ1) is 9.22. The molecule has 0 aromatic heterocycles. The van der Waals surface area contributed by atoms with Gasteiger partial charge in [0, 0.05) is 6.04 Å². The summed E-state index contributed by atoms with van der Waals surface area (Å²) in [4.78, 5) is 0. The van der Waals surface area contributed by atoms with Crippen LogP contribution in [-0.2, 0) is 0 Å². The van der Waals surface area contributed by atoms with Gasteiger partial charge < -0.3 is 10.1 Å². The van der Waals surface area contributed by atoms with E-state index in [4.69, 9.17) is 4.74 Å². The normalized spacial score (nSPS) is 12.6. The molecule has 1 unspecified atom stereocenters. The van der Waals surface area contributed by atoms with Gasteiger partial charge in [-0.25, -0.2) is 0 Å². The number of rotatable bonds is 10. The number of hydrogen-bond acceptors (Lipinski definition) is 2. The first-order valence-electron chi connectivity index (χ1n) is 7.63. The minimum Gasteiger partial charge on any atom is -0.492 e. The number of benzene rings is 1. The van der Waals surface area contributed by atoms with Crippen LogP contribution < -0.4 is 10.1 Å². The fourth-order valence-electron chi connectivity index (χ4n) is 2.08. The monoisotopic (exact) mass is 263 g/mol. The van der Waals surface area contributed by atoms with E-state index in [1.165, 1.54) is 25.7 Å². The lowest BCUT2D eigenvalue weighted by atomic mass is 10.0. The Morgan fingerprint density at radius 3 is 2.47 bits per heavy atom. The molecule has 0 aliphatic carbocycles. The molecular weight excluding hydrogens is 234 g/mol. The molecule has 0 amide bonds. The number of ether oxygens (including phenoxy) is 1. The van der Waals surface area contributed by atoms with Crippen molar-refractivity contribution < 1.29 is 4.74 Å². The first-order valence-corrected chi connectivity index (χ1v) is 7.63. The molecule has 0 aliphatic rings. The molecular formula is C17H29NO. The van der Waals surface area contributed by atoms with Crippen LogP contribution in [0.2, 0.25) is 0 Å². The summed E-state index contributed by atoms with van der Waals surface area (Å²) in [5.41, 5.74) is 0. The van der Waals surface area contributed by atoms with Crippen LogP contribution in [0.5, 0.6) is 5.75 Å². The Labute approximate surface area is 118 Å². The van der Waals surface area contributed by atoms with Crippen LogP contribution in [0.25, 0.3) is 0 Å². The zero-order valence-electron chi connectivity index (χ0n) is 12.7. The maximum atomic E-state index is 5.86. The first kappa shape index (κ1) is 16.0. The molecule has 1 N–H and O–H groups in total. The quantitative estimate of drug-likeness (QED) is 0.681. The van der Waals surface area contributed by atoms with Crippen molar-refractivity contribution in [2.75, 3.05) is 13.2 Å². The van der Waals surface area contributed by atoms with Crippen molar-refractivity contribution in [1.82, 2.24) is 5.32 Å². The fourth-order valence-corrected chi connectivity index (χ4v) is 2.08. The van der Waals surface area contributed by atoms with Crippen molar-refractivity contribution >= 4 is 0 Å². The van der Waals surface area contributed by atoms with Gasteiger partial charge in [-0.15, -0.1) is 0 Å². The third-order valence-corrected chi connectivity index (χ3v) is 3.21. The summed E-state index contributed by atoms with van der Waals surface area (Å²) in [5.74, 6) is 1.76. The Balaban J connectivity index is 2.31. The van der Waals surface area contributed by atoms with Crippen LogP contribution in [0.15, 0.2) is 30.3 Å². The van der Waals surface area contributed by atoms with Crippen LogP contribution in [-0.4, -0.2) is 19.2 Å². The minimum absolute atomic E-state index is 0.471. The van der Waals surface area contributed by atoms with Gasteiger partial charge >= 0.3 is 0 Å². The van der Waals surface area contributed by atoms with Crippen molar-refractivity contribution in [3.8, 4) is 5.75 Å². The number of hydrogen-bond donors (Lipinski definition) is 1. The second-order valence-corrected chi connectivity index (χ2v) is 5.60. The fraction of sp³-hybridized carbons (Fsp3) is 0.647. The van der Waals surface area contributed by atoms with E-state index in [2.05, 4.69) is 26.1 Å². The van der Waals surface area contributed by atoms with Gasteiger partial charge in [-0.1, -0.05) is 51.8 Å². The van der Waals surface area contributed by atoms with Gasteiger partial charge in [-0.05, 0) is 37.4 Å². The summed E-state index contributed by atoms with van der Waals surface area (Å²) in [6, 6.07) is 10.6. The van der Waals surface area contributed by atoms with Gasteiger partial charge in [0.1, 0.15) is 12.4 Å². The van der Waals surface area contributed by atoms with Gasteiger partial charge in [0.25, 0.3) is 0 Å². The summed E-state index contributed by atoms with van der Waals surface area (Å²) in [6.45, 7) is 8.62. The lowest BCUT2D eigenvalue weighted by Gasteiger charge is -2.19. The molecule has 1 atom stereocenters. The van der Waals surface area contributed by atoms with Crippen molar-refractivity contribution in [1.29, 1.82) is 0 Å². The SMILES string of the molecule is CCCNC(CCCC(C)C)COc1ccccc1. The molecule has 1 aromatic rings. The van der Waals surface area contributed by atoms with E-state index < -0.39 is 0 Å². The maximum absolute atomic E-state index is 5.86. The number of para-hydroxylation sites is 1. The largest absolute Gasteiger partial charge is 0.492 e. The molecule has 0 heterocycles. The topological polar surface area (TPSA) is 21.3 Å². The standard InChI is InChI=1S/C17H29NO/c1-4-13-18-16(10-8-9-15(2)3)14-19-17-11-6-5-7-12-17/h5-7,11-12,15-16,18H,4,8-10,13-14H2,1-3H3. The van der Waals surface area contributed by atoms with Crippen molar-refractivity contribution in [2.24, 2.45) is 5.92 Å². The molecule has 1 aromatic carbocycles. The van der Waals surface area contributed by atoms with E-state index in [1.54, 1.807) is 0 Å². The third kappa shape index (κ3) is 7.89. The highest BCUT2D eigenvalue weighted by Gasteiger charge is 2.09.